The lowest BCUT2D eigenvalue weighted by Crippen LogP contribution is -2.39. The van der Waals surface area contributed by atoms with E-state index in [9.17, 15) is 10.1 Å². The Morgan fingerprint density at radius 1 is 1.48 bits per heavy atom. The molecule has 2 rings (SSSR count). The van der Waals surface area contributed by atoms with Crippen LogP contribution in [-0.4, -0.2) is 29.0 Å². The second-order valence-electron chi connectivity index (χ2n) is 5.52. The Balaban J connectivity index is 0.00000220. The zero-order valence-electron chi connectivity index (χ0n) is 12.0. The SMILES string of the molecule is CC(N)C1CCN(Cc2ccc([N+](=O)[O-])c(Cl)c2)CC1.Cl. The number of halogens is 2. The van der Waals surface area contributed by atoms with Crippen molar-refractivity contribution in [1.29, 1.82) is 0 Å². The molecule has 1 aliphatic heterocycles. The third-order valence-corrected chi connectivity index (χ3v) is 4.29. The molecular formula is C14H21Cl2N3O2. The number of nitro benzene ring substituents is 1. The van der Waals surface area contributed by atoms with E-state index in [1.165, 1.54) is 6.07 Å². The Morgan fingerprint density at radius 3 is 2.57 bits per heavy atom. The van der Waals surface area contributed by atoms with Crippen LogP contribution in [-0.2, 0) is 6.54 Å². The molecule has 0 radical (unpaired) electrons. The molecule has 1 atom stereocenters. The first-order valence-electron chi connectivity index (χ1n) is 6.88. The van der Waals surface area contributed by atoms with Crippen molar-refractivity contribution in [2.75, 3.05) is 13.1 Å². The van der Waals surface area contributed by atoms with Crippen LogP contribution < -0.4 is 5.73 Å². The van der Waals surface area contributed by atoms with Crippen LogP contribution in [0.2, 0.25) is 5.02 Å². The second-order valence-corrected chi connectivity index (χ2v) is 5.92. The summed E-state index contributed by atoms with van der Waals surface area (Å²) < 4.78 is 0. The maximum absolute atomic E-state index is 10.7. The highest BCUT2D eigenvalue weighted by atomic mass is 35.5. The van der Waals surface area contributed by atoms with Crippen molar-refractivity contribution in [3.05, 3.63) is 38.9 Å². The minimum absolute atomic E-state index is 0. The van der Waals surface area contributed by atoms with Gasteiger partial charge in [-0.15, -0.1) is 12.4 Å². The summed E-state index contributed by atoms with van der Waals surface area (Å²) in [5.41, 5.74) is 6.91. The number of hydrogen-bond donors (Lipinski definition) is 1. The second kappa shape index (κ2) is 7.94. The van der Waals surface area contributed by atoms with Gasteiger partial charge in [-0.05, 0) is 50.4 Å². The van der Waals surface area contributed by atoms with Gasteiger partial charge in [-0.1, -0.05) is 17.7 Å². The van der Waals surface area contributed by atoms with Gasteiger partial charge in [-0.25, -0.2) is 0 Å². The minimum atomic E-state index is -0.458. The molecule has 7 heteroatoms. The number of nitro groups is 1. The minimum Gasteiger partial charge on any atom is -0.328 e. The molecular weight excluding hydrogens is 313 g/mol. The van der Waals surface area contributed by atoms with Crippen molar-refractivity contribution in [3.63, 3.8) is 0 Å². The van der Waals surface area contributed by atoms with E-state index in [2.05, 4.69) is 11.8 Å². The van der Waals surface area contributed by atoms with Gasteiger partial charge < -0.3 is 5.73 Å². The lowest BCUT2D eigenvalue weighted by Gasteiger charge is -2.33. The van der Waals surface area contributed by atoms with Crippen molar-refractivity contribution in [1.82, 2.24) is 4.90 Å². The molecule has 0 aliphatic carbocycles. The van der Waals surface area contributed by atoms with Gasteiger partial charge in [0.2, 0.25) is 0 Å². The molecule has 1 unspecified atom stereocenters. The van der Waals surface area contributed by atoms with Crippen LogP contribution in [0.5, 0.6) is 0 Å². The van der Waals surface area contributed by atoms with Gasteiger partial charge in [0.15, 0.2) is 0 Å². The number of nitrogens with zero attached hydrogens (tertiary/aromatic N) is 2. The van der Waals surface area contributed by atoms with Crippen LogP contribution >= 0.6 is 24.0 Å². The Bertz CT molecular complexity index is 489. The van der Waals surface area contributed by atoms with Crippen molar-refractivity contribution in [3.8, 4) is 0 Å². The zero-order valence-corrected chi connectivity index (χ0v) is 13.6. The fourth-order valence-electron chi connectivity index (χ4n) is 2.69. The molecule has 1 aliphatic rings. The first kappa shape index (κ1) is 18.2. The van der Waals surface area contributed by atoms with E-state index in [4.69, 9.17) is 17.3 Å². The Hall–Kier alpha value is -0.880. The first-order chi connectivity index (χ1) is 9.47. The number of rotatable bonds is 4. The smallest absolute Gasteiger partial charge is 0.287 e. The fourth-order valence-corrected chi connectivity index (χ4v) is 2.96. The molecule has 2 N–H and O–H groups in total. The normalized spacial score (nSPS) is 18.0. The lowest BCUT2D eigenvalue weighted by atomic mass is 9.91. The van der Waals surface area contributed by atoms with Crippen molar-refractivity contribution in [2.24, 2.45) is 11.7 Å². The highest BCUT2D eigenvalue weighted by Gasteiger charge is 2.22. The molecule has 0 bridgehead atoms. The monoisotopic (exact) mass is 333 g/mol. The van der Waals surface area contributed by atoms with Gasteiger partial charge in [-0.3, -0.25) is 15.0 Å². The molecule has 0 aromatic heterocycles. The molecule has 1 fully saturated rings. The van der Waals surface area contributed by atoms with E-state index in [0.717, 1.165) is 38.0 Å². The van der Waals surface area contributed by atoms with Gasteiger partial charge in [0, 0.05) is 18.7 Å². The molecule has 0 amide bonds. The topological polar surface area (TPSA) is 72.4 Å². The van der Waals surface area contributed by atoms with Crippen LogP contribution in [0.25, 0.3) is 0 Å². The van der Waals surface area contributed by atoms with E-state index in [1.807, 2.05) is 0 Å². The summed E-state index contributed by atoms with van der Waals surface area (Å²) in [5, 5.41) is 10.9. The molecule has 21 heavy (non-hydrogen) atoms. The van der Waals surface area contributed by atoms with Crippen molar-refractivity contribution in [2.45, 2.75) is 32.4 Å². The standard InChI is InChI=1S/C14H20ClN3O2.ClH/c1-10(16)12-4-6-17(7-5-12)9-11-2-3-14(18(19)20)13(15)8-11;/h2-3,8,10,12H,4-7,9,16H2,1H3;1H. The van der Waals surface area contributed by atoms with Gasteiger partial charge in [0.05, 0.1) is 4.92 Å². The van der Waals surface area contributed by atoms with E-state index < -0.39 is 4.92 Å². The summed E-state index contributed by atoms with van der Waals surface area (Å²) in [4.78, 5) is 12.6. The molecule has 1 aromatic rings. The quantitative estimate of drug-likeness (QED) is 0.678. The molecule has 5 nitrogen and oxygen atoms in total. The average molecular weight is 334 g/mol. The third kappa shape index (κ3) is 4.81. The summed E-state index contributed by atoms with van der Waals surface area (Å²) in [6, 6.07) is 5.21. The van der Waals surface area contributed by atoms with E-state index in [0.29, 0.717) is 5.92 Å². The summed E-state index contributed by atoms with van der Waals surface area (Å²) in [5.74, 6) is 0.603. The predicted octanol–water partition coefficient (Wildman–Crippen LogP) is 3.23. The summed E-state index contributed by atoms with van der Waals surface area (Å²) in [6.07, 6.45) is 2.22. The van der Waals surface area contributed by atoms with Crippen LogP contribution in [0, 0.1) is 16.0 Å². The molecule has 118 valence electrons. The maximum atomic E-state index is 10.7. The van der Waals surface area contributed by atoms with E-state index >= 15 is 0 Å². The Morgan fingerprint density at radius 2 is 2.10 bits per heavy atom. The van der Waals surface area contributed by atoms with E-state index in [1.54, 1.807) is 12.1 Å². The number of benzene rings is 1. The Kier molecular flexibility index (Phi) is 6.87. The van der Waals surface area contributed by atoms with Crippen molar-refractivity contribution >= 4 is 29.7 Å². The largest absolute Gasteiger partial charge is 0.328 e. The molecule has 0 spiro atoms. The Labute approximate surface area is 136 Å². The highest BCUT2D eigenvalue weighted by molar-refractivity contribution is 6.32. The number of nitrogens with two attached hydrogens (primary N) is 1. The third-order valence-electron chi connectivity index (χ3n) is 3.99. The first-order valence-corrected chi connectivity index (χ1v) is 7.26. The summed E-state index contributed by atoms with van der Waals surface area (Å²) in [6.45, 7) is 4.88. The summed E-state index contributed by atoms with van der Waals surface area (Å²) >= 11 is 5.93. The number of likely N-dealkylation sites (tertiary alicyclic amines) is 1. The van der Waals surface area contributed by atoms with Crippen LogP contribution in [0.3, 0.4) is 0 Å². The van der Waals surface area contributed by atoms with Crippen LogP contribution in [0.15, 0.2) is 18.2 Å². The van der Waals surface area contributed by atoms with Crippen molar-refractivity contribution < 1.29 is 4.92 Å². The fraction of sp³-hybridized carbons (Fsp3) is 0.571. The summed E-state index contributed by atoms with van der Waals surface area (Å²) in [7, 11) is 0. The lowest BCUT2D eigenvalue weighted by molar-refractivity contribution is -0.384. The molecule has 1 heterocycles. The number of hydrogen-bond acceptors (Lipinski definition) is 4. The molecule has 0 saturated carbocycles. The predicted molar refractivity (Wildman–Crippen MR) is 87.0 cm³/mol. The molecule has 1 saturated heterocycles. The van der Waals surface area contributed by atoms with Gasteiger partial charge in [-0.2, -0.15) is 0 Å². The van der Waals surface area contributed by atoms with Crippen LogP contribution in [0.4, 0.5) is 5.69 Å². The van der Waals surface area contributed by atoms with Gasteiger partial charge >= 0.3 is 0 Å². The zero-order chi connectivity index (χ0) is 14.7. The average Bonchev–Trinajstić information content (AvgIpc) is 2.39. The molecule has 1 aromatic carbocycles. The van der Waals surface area contributed by atoms with E-state index in [-0.39, 0.29) is 29.2 Å². The van der Waals surface area contributed by atoms with Crippen LogP contribution in [0.1, 0.15) is 25.3 Å². The van der Waals surface area contributed by atoms with Gasteiger partial charge in [0.25, 0.3) is 5.69 Å². The maximum Gasteiger partial charge on any atom is 0.287 e. The van der Waals surface area contributed by atoms with Gasteiger partial charge in [0.1, 0.15) is 5.02 Å². The number of piperidine rings is 1. The highest BCUT2D eigenvalue weighted by Crippen LogP contribution is 2.26.